The number of rotatable bonds is 4. The first-order valence-electron chi connectivity index (χ1n) is 5.10. The van der Waals surface area contributed by atoms with Crippen LogP contribution < -0.4 is 11.3 Å². The summed E-state index contributed by atoms with van der Waals surface area (Å²) in [5.74, 6) is 5.54. The van der Waals surface area contributed by atoms with Gasteiger partial charge in [-0.3, -0.25) is 16.3 Å². The smallest absolute Gasteiger partial charge is 0.115 e. The molecule has 6 heteroatoms. The predicted molar refractivity (Wildman–Crippen MR) is 65.0 cm³/mol. The molecule has 5 nitrogen and oxygen atoms in total. The highest BCUT2D eigenvalue weighted by Crippen LogP contribution is 2.21. The molecule has 88 valence electrons. The number of hydrogen-bond donors (Lipinski definition) is 2. The van der Waals surface area contributed by atoms with Gasteiger partial charge in [0.1, 0.15) is 6.33 Å². The van der Waals surface area contributed by atoms with Gasteiger partial charge in [0.2, 0.25) is 0 Å². The highest BCUT2D eigenvalue weighted by Gasteiger charge is 2.12. The van der Waals surface area contributed by atoms with Crippen molar-refractivity contribution in [3.8, 4) is 0 Å². The average Bonchev–Trinajstić information content (AvgIpc) is 2.39. The molecule has 1 atom stereocenters. The van der Waals surface area contributed by atoms with Crippen molar-refractivity contribution in [1.82, 2.24) is 20.4 Å². The molecule has 17 heavy (non-hydrogen) atoms. The molecule has 0 saturated carbocycles. The SMILES string of the molecule is NNC(Cc1ccncc1Cl)c1cncnc1. The zero-order valence-corrected chi connectivity index (χ0v) is 9.80. The summed E-state index contributed by atoms with van der Waals surface area (Å²) in [5, 5.41) is 0.629. The third-order valence-corrected chi connectivity index (χ3v) is 2.80. The van der Waals surface area contributed by atoms with Crippen molar-refractivity contribution in [1.29, 1.82) is 0 Å². The van der Waals surface area contributed by atoms with Crippen LogP contribution in [0.2, 0.25) is 5.02 Å². The lowest BCUT2D eigenvalue weighted by atomic mass is 10.0. The lowest BCUT2D eigenvalue weighted by molar-refractivity contribution is 0.548. The molecule has 2 aromatic heterocycles. The van der Waals surface area contributed by atoms with Crippen LogP contribution in [0.3, 0.4) is 0 Å². The van der Waals surface area contributed by atoms with Crippen LogP contribution in [0.5, 0.6) is 0 Å². The average molecular weight is 250 g/mol. The van der Waals surface area contributed by atoms with Crippen molar-refractivity contribution in [3.05, 3.63) is 53.3 Å². The molecule has 0 bridgehead atoms. The van der Waals surface area contributed by atoms with Gasteiger partial charge in [0, 0.05) is 30.4 Å². The molecule has 0 aromatic carbocycles. The molecule has 0 aliphatic carbocycles. The van der Waals surface area contributed by atoms with Gasteiger partial charge in [0.25, 0.3) is 0 Å². The number of nitrogens with two attached hydrogens (primary N) is 1. The van der Waals surface area contributed by atoms with E-state index >= 15 is 0 Å². The van der Waals surface area contributed by atoms with Gasteiger partial charge in [0.15, 0.2) is 0 Å². The Balaban J connectivity index is 2.19. The van der Waals surface area contributed by atoms with Gasteiger partial charge in [-0.1, -0.05) is 11.6 Å². The minimum absolute atomic E-state index is 0.0731. The minimum Gasteiger partial charge on any atom is -0.271 e. The zero-order chi connectivity index (χ0) is 12.1. The number of hydrogen-bond acceptors (Lipinski definition) is 5. The fraction of sp³-hybridized carbons (Fsp3) is 0.182. The summed E-state index contributed by atoms with van der Waals surface area (Å²) < 4.78 is 0. The van der Waals surface area contributed by atoms with Gasteiger partial charge in [-0.05, 0) is 18.1 Å². The first kappa shape index (κ1) is 11.9. The maximum atomic E-state index is 6.05. The second-order valence-corrected chi connectivity index (χ2v) is 3.97. The van der Waals surface area contributed by atoms with Gasteiger partial charge in [-0.25, -0.2) is 9.97 Å². The van der Waals surface area contributed by atoms with Gasteiger partial charge >= 0.3 is 0 Å². The summed E-state index contributed by atoms with van der Waals surface area (Å²) in [4.78, 5) is 11.9. The van der Waals surface area contributed by atoms with Crippen molar-refractivity contribution >= 4 is 11.6 Å². The summed E-state index contributed by atoms with van der Waals surface area (Å²) in [6.07, 6.45) is 8.92. The standard InChI is InChI=1S/C11H12ClN5/c12-10-6-14-2-1-8(10)3-11(17-13)9-4-15-7-16-5-9/h1-2,4-7,11,17H,3,13H2. The van der Waals surface area contributed by atoms with Crippen molar-refractivity contribution in [2.24, 2.45) is 5.84 Å². The van der Waals surface area contributed by atoms with Crippen LogP contribution in [-0.4, -0.2) is 15.0 Å². The predicted octanol–water partition coefficient (Wildman–Crippen LogP) is 1.27. The molecule has 0 aliphatic rings. The molecule has 0 spiro atoms. The lowest BCUT2D eigenvalue weighted by Crippen LogP contribution is -2.29. The van der Waals surface area contributed by atoms with E-state index in [4.69, 9.17) is 17.4 Å². The Hall–Kier alpha value is -1.56. The Morgan fingerprint density at radius 1 is 1.24 bits per heavy atom. The monoisotopic (exact) mass is 249 g/mol. The largest absolute Gasteiger partial charge is 0.271 e. The Bertz CT molecular complexity index is 476. The van der Waals surface area contributed by atoms with Crippen molar-refractivity contribution < 1.29 is 0 Å². The van der Waals surface area contributed by atoms with Crippen LogP contribution in [0.1, 0.15) is 17.2 Å². The zero-order valence-electron chi connectivity index (χ0n) is 9.05. The summed E-state index contributed by atoms with van der Waals surface area (Å²) in [6.45, 7) is 0. The fourth-order valence-electron chi connectivity index (χ4n) is 1.55. The molecule has 1 unspecified atom stereocenters. The quantitative estimate of drug-likeness (QED) is 0.630. The molecule has 0 amide bonds. The third kappa shape index (κ3) is 2.97. The number of pyridine rings is 1. The van der Waals surface area contributed by atoms with Gasteiger partial charge in [0.05, 0.1) is 11.1 Å². The van der Waals surface area contributed by atoms with E-state index in [9.17, 15) is 0 Å². The van der Waals surface area contributed by atoms with Gasteiger partial charge in [-0.15, -0.1) is 0 Å². The second-order valence-electron chi connectivity index (χ2n) is 3.56. The van der Waals surface area contributed by atoms with E-state index in [2.05, 4.69) is 20.4 Å². The topological polar surface area (TPSA) is 76.7 Å². The third-order valence-electron chi connectivity index (χ3n) is 2.46. The number of aromatic nitrogens is 3. The van der Waals surface area contributed by atoms with E-state index in [1.807, 2.05) is 6.07 Å². The highest BCUT2D eigenvalue weighted by atomic mass is 35.5. The lowest BCUT2D eigenvalue weighted by Gasteiger charge is -2.15. The van der Waals surface area contributed by atoms with E-state index in [0.29, 0.717) is 11.4 Å². The van der Waals surface area contributed by atoms with Crippen LogP contribution in [-0.2, 0) is 6.42 Å². The molecule has 0 fully saturated rings. The van der Waals surface area contributed by atoms with Crippen LogP contribution in [0.4, 0.5) is 0 Å². The number of halogens is 1. The Kier molecular flexibility index (Phi) is 3.98. The molecular weight excluding hydrogens is 238 g/mol. The van der Waals surface area contributed by atoms with Crippen LogP contribution in [0, 0.1) is 0 Å². The number of nitrogens with one attached hydrogen (secondary N) is 1. The van der Waals surface area contributed by atoms with Crippen molar-refractivity contribution in [2.75, 3.05) is 0 Å². The van der Waals surface area contributed by atoms with Crippen molar-refractivity contribution in [2.45, 2.75) is 12.5 Å². The number of hydrazine groups is 1. The summed E-state index contributed by atoms with van der Waals surface area (Å²) >= 11 is 6.05. The maximum Gasteiger partial charge on any atom is 0.115 e. The van der Waals surface area contributed by atoms with Crippen LogP contribution in [0.15, 0.2) is 37.2 Å². The maximum absolute atomic E-state index is 6.05. The normalized spacial score (nSPS) is 12.4. The molecule has 0 radical (unpaired) electrons. The molecule has 2 aromatic rings. The highest BCUT2D eigenvalue weighted by molar-refractivity contribution is 6.31. The van der Waals surface area contributed by atoms with E-state index in [-0.39, 0.29) is 6.04 Å². The number of nitrogens with zero attached hydrogens (tertiary/aromatic N) is 3. The Morgan fingerprint density at radius 3 is 2.65 bits per heavy atom. The van der Waals surface area contributed by atoms with E-state index in [0.717, 1.165) is 11.1 Å². The van der Waals surface area contributed by atoms with Crippen LogP contribution >= 0.6 is 11.6 Å². The van der Waals surface area contributed by atoms with E-state index < -0.39 is 0 Å². The molecule has 0 aliphatic heterocycles. The molecule has 2 heterocycles. The first-order valence-corrected chi connectivity index (χ1v) is 5.48. The van der Waals surface area contributed by atoms with E-state index in [1.54, 1.807) is 24.8 Å². The Morgan fingerprint density at radius 2 is 2.00 bits per heavy atom. The summed E-state index contributed by atoms with van der Waals surface area (Å²) in [7, 11) is 0. The molecule has 3 N–H and O–H groups in total. The van der Waals surface area contributed by atoms with Gasteiger partial charge in [-0.2, -0.15) is 0 Å². The molecule has 2 rings (SSSR count). The Labute approximate surface area is 104 Å². The summed E-state index contributed by atoms with van der Waals surface area (Å²) in [5.41, 5.74) is 4.63. The summed E-state index contributed by atoms with van der Waals surface area (Å²) in [6, 6.07) is 1.80. The van der Waals surface area contributed by atoms with Crippen molar-refractivity contribution in [3.63, 3.8) is 0 Å². The van der Waals surface area contributed by atoms with Crippen LogP contribution in [0.25, 0.3) is 0 Å². The minimum atomic E-state index is -0.0731. The second kappa shape index (κ2) is 5.67. The van der Waals surface area contributed by atoms with E-state index in [1.165, 1.54) is 6.33 Å². The molecule has 0 saturated heterocycles. The van der Waals surface area contributed by atoms with Gasteiger partial charge < -0.3 is 0 Å². The first-order chi connectivity index (χ1) is 8.31. The fourth-order valence-corrected chi connectivity index (χ4v) is 1.75. The molecular formula is C11H12ClN5.